The van der Waals surface area contributed by atoms with Crippen molar-refractivity contribution >= 4 is 22.4 Å². The molecule has 1 saturated carbocycles. The van der Waals surface area contributed by atoms with Gasteiger partial charge in [0.2, 0.25) is 5.91 Å². The monoisotopic (exact) mass is 321 g/mol. The number of hydrogen-bond donors (Lipinski definition) is 2. The van der Waals surface area contributed by atoms with Crippen molar-refractivity contribution in [2.45, 2.75) is 58.3 Å². The van der Waals surface area contributed by atoms with Crippen LogP contribution in [0.4, 0.5) is 5.13 Å². The van der Waals surface area contributed by atoms with Crippen molar-refractivity contribution in [2.24, 2.45) is 11.3 Å². The van der Waals surface area contributed by atoms with E-state index in [-0.39, 0.29) is 11.8 Å². The van der Waals surface area contributed by atoms with Crippen LogP contribution in [0.3, 0.4) is 0 Å². The lowest BCUT2D eigenvalue weighted by Gasteiger charge is -2.34. The lowest BCUT2D eigenvalue weighted by atomic mass is 9.72. The van der Waals surface area contributed by atoms with Crippen LogP contribution in [0.2, 0.25) is 0 Å². The molecule has 0 bridgehead atoms. The summed E-state index contributed by atoms with van der Waals surface area (Å²) in [6, 6.07) is 0. The van der Waals surface area contributed by atoms with E-state index < -0.39 is 0 Å². The number of carbonyl (C=O) groups is 1. The summed E-state index contributed by atoms with van der Waals surface area (Å²) in [4.78, 5) is 18.2. The molecule has 1 aromatic rings. The van der Waals surface area contributed by atoms with E-state index in [9.17, 15) is 4.79 Å². The molecule has 1 atom stereocenters. The Kier molecular flexibility index (Phi) is 4.83. The van der Waals surface area contributed by atoms with E-state index in [2.05, 4.69) is 29.5 Å². The van der Waals surface area contributed by atoms with Gasteiger partial charge < -0.3 is 10.6 Å². The highest BCUT2D eigenvalue weighted by Crippen LogP contribution is 2.39. The van der Waals surface area contributed by atoms with Gasteiger partial charge >= 0.3 is 0 Å². The number of carbonyl (C=O) groups excluding carboxylic acids is 1. The summed E-state index contributed by atoms with van der Waals surface area (Å²) in [5, 5.41) is 7.23. The first-order valence-corrected chi connectivity index (χ1v) is 9.32. The molecule has 0 radical (unpaired) electrons. The predicted octanol–water partition coefficient (Wildman–Crippen LogP) is 3.77. The Morgan fingerprint density at radius 3 is 2.86 bits per heavy atom. The van der Waals surface area contributed by atoms with Crippen molar-refractivity contribution in [1.82, 2.24) is 10.3 Å². The number of aromatic nitrogens is 1. The van der Waals surface area contributed by atoms with Gasteiger partial charge in [0.1, 0.15) is 0 Å². The van der Waals surface area contributed by atoms with Crippen LogP contribution >= 0.6 is 11.3 Å². The van der Waals surface area contributed by atoms with E-state index in [1.807, 2.05) is 6.20 Å². The van der Waals surface area contributed by atoms with E-state index in [4.69, 9.17) is 0 Å². The van der Waals surface area contributed by atoms with Crippen molar-refractivity contribution in [3.63, 3.8) is 0 Å². The van der Waals surface area contributed by atoms with Crippen LogP contribution in [-0.4, -0.2) is 24.0 Å². The van der Waals surface area contributed by atoms with Gasteiger partial charge in [0.05, 0.1) is 0 Å². The number of rotatable bonds is 3. The summed E-state index contributed by atoms with van der Waals surface area (Å²) in [5.41, 5.74) is 0.295. The Labute approximate surface area is 137 Å². The van der Waals surface area contributed by atoms with Gasteiger partial charge in [-0.3, -0.25) is 4.79 Å². The topological polar surface area (TPSA) is 54.0 Å². The first-order chi connectivity index (χ1) is 10.5. The van der Waals surface area contributed by atoms with Crippen molar-refractivity contribution in [3.8, 4) is 0 Å². The maximum absolute atomic E-state index is 12.5. The van der Waals surface area contributed by atoms with Crippen molar-refractivity contribution in [3.05, 3.63) is 11.1 Å². The molecule has 1 unspecified atom stereocenters. The summed E-state index contributed by atoms with van der Waals surface area (Å²) < 4.78 is 0. The summed E-state index contributed by atoms with van der Waals surface area (Å²) in [7, 11) is 0. The zero-order chi connectivity index (χ0) is 15.6. The molecular formula is C17H27N3OS. The third-order valence-corrected chi connectivity index (χ3v) is 6.15. The number of nitrogens with zero attached hydrogens (tertiary/aromatic N) is 1. The average molecular weight is 321 g/mol. The first kappa shape index (κ1) is 15.9. The number of anilines is 1. The average Bonchev–Trinajstić information content (AvgIpc) is 2.95. The number of nitrogens with one attached hydrogen (secondary N) is 2. The van der Waals surface area contributed by atoms with Crippen LogP contribution in [0.1, 0.15) is 63.2 Å². The van der Waals surface area contributed by atoms with Gasteiger partial charge in [-0.05, 0) is 56.5 Å². The normalized spacial score (nSPS) is 25.8. The van der Waals surface area contributed by atoms with E-state index in [0.717, 1.165) is 37.5 Å². The van der Waals surface area contributed by atoms with Gasteiger partial charge in [-0.25, -0.2) is 4.98 Å². The second kappa shape index (κ2) is 6.67. The van der Waals surface area contributed by atoms with Crippen LogP contribution in [0.25, 0.3) is 0 Å². The minimum Gasteiger partial charge on any atom is -0.317 e. The molecule has 4 nitrogen and oxygen atoms in total. The summed E-state index contributed by atoms with van der Waals surface area (Å²) in [5.74, 6) is 0.923. The third-order valence-electron chi connectivity index (χ3n) is 5.07. The fraction of sp³-hybridized carbons (Fsp3) is 0.765. The van der Waals surface area contributed by atoms with E-state index in [1.54, 1.807) is 11.3 Å². The van der Waals surface area contributed by atoms with Gasteiger partial charge in [-0.2, -0.15) is 0 Å². The third kappa shape index (κ3) is 3.87. The Bertz CT molecular complexity index is 520. The first-order valence-electron chi connectivity index (χ1n) is 8.51. The molecule has 3 rings (SSSR count). The Morgan fingerprint density at radius 1 is 1.36 bits per heavy atom. The lowest BCUT2D eigenvalue weighted by Crippen LogP contribution is -2.31. The summed E-state index contributed by atoms with van der Waals surface area (Å²) >= 11 is 1.66. The molecule has 122 valence electrons. The number of thiazole rings is 1. The second-order valence-corrected chi connectivity index (χ2v) is 8.60. The molecule has 5 heteroatoms. The second-order valence-electron chi connectivity index (χ2n) is 7.54. The number of hydrogen-bond acceptors (Lipinski definition) is 4. The van der Waals surface area contributed by atoms with Gasteiger partial charge in [0, 0.05) is 17.0 Å². The molecule has 2 heterocycles. The Balaban J connectivity index is 1.58. The SMILES string of the molecule is CC1(C)CCCC(C(=O)Nc2ncc(C3CCNCC3)s2)C1. The van der Waals surface area contributed by atoms with Crippen molar-refractivity contribution < 1.29 is 4.79 Å². The maximum Gasteiger partial charge on any atom is 0.229 e. The molecule has 2 fully saturated rings. The molecule has 0 spiro atoms. The van der Waals surface area contributed by atoms with Crippen LogP contribution in [0, 0.1) is 11.3 Å². The molecule has 2 N–H and O–H groups in total. The van der Waals surface area contributed by atoms with Gasteiger partial charge in [-0.1, -0.05) is 20.3 Å². The minimum absolute atomic E-state index is 0.148. The number of piperidine rings is 1. The zero-order valence-electron chi connectivity index (χ0n) is 13.7. The van der Waals surface area contributed by atoms with Gasteiger partial charge in [0.15, 0.2) is 5.13 Å². The Hall–Kier alpha value is -0.940. The summed E-state index contributed by atoms with van der Waals surface area (Å²) in [6.45, 7) is 6.71. The molecule has 0 aromatic carbocycles. The van der Waals surface area contributed by atoms with Crippen LogP contribution in [-0.2, 0) is 4.79 Å². The molecule has 1 aliphatic heterocycles. The smallest absolute Gasteiger partial charge is 0.229 e. The molecule has 1 amide bonds. The fourth-order valence-corrected chi connectivity index (χ4v) is 4.76. The highest BCUT2D eigenvalue weighted by atomic mass is 32.1. The largest absolute Gasteiger partial charge is 0.317 e. The lowest BCUT2D eigenvalue weighted by molar-refractivity contribution is -0.122. The van der Waals surface area contributed by atoms with Gasteiger partial charge in [-0.15, -0.1) is 11.3 Å². The minimum atomic E-state index is 0.148. The Morgan fingerprint density at radius 2 is 2.14 bits per heavy atom. The molecule has 1 aromatic heterocycles. The van der Waals surface area contributed by atoms with Crippen molar-refractivity contribution in [2.75, 3.05) is 18.4 Å². The van der Waals surface area contributed by atoms with Crippen LogP contribution in [0.15, 0.2) is 6.20 Å². The van der Waals surface area contributed by atoms with Gasteiger partial charge in [0.25, 0.3) is 0 Å². The predicted molar refractivity (Wildman–Crippen MR) is 91.3 cm³/mol. The standard InChI is InChI=1S/C17H27N3OS/c1-17(2)7-3-4-13(10-17)15(21)20-16-19-11-14(22-16)12-5-8-18-9-6-12/h11-13,18H,3-10H2,1-2H3,(H,19,20,21). The molecule has 2 aliphatic rings. The van der Waals surface area contributed by atoms with Crippen molar-refractivity contribution in [1.29, 1.82) is 0 Å². The quantitative estimate of drug-likeness (QED) is 0.891. The number of amides is 1. The molecule has 22 heavy (non-hydrogen) atoms. The fourth-order valence-electron chi connectivity index (χ4n) is 3.77. The zero-order valence-corrected chi connectivity index (χ0v) is 14.5. The molecular weight excluding hydrogens is 294 g/mol. The summed E-state index contributed by atoms with van der Waals surface area (Å²) in [6.07, 6.45) is 8.70. The highest BCUT2D eigenvalue weighted by molar-refractivity contribution is 7.15. The van der Waals surface area contributed by atoms with E-state index in [1.165, 1.54) is 24.1 Å². The van der Waals surface area contributed by atoms with E-state index >= 15 is 0 Å². The van der Waals surface area contributed by atoms with Crippen LogP contribution < -0.4 is 10.6 Å². The highest BCUT2D eigenvalue weighted by Gasteiger charge is 2.32. The van der Waals surface area contributed by atoms with Crippen LogP contribution in [0.5, 0.6) is 0 Å². The van der Waals surface area contributed by atoms with E-state index in [0.29, 0.717) is 11.3 Å². The molecule has 1 saturated heterocycles. The maximum atomic E-state index is 12.5. The molecule has 1 aliphatic carbocycles.